The third-order valence-corrected chi connectivity index (χ3v) is 1.33. The molecule has 7 nitrogen and oxygen atoms in total. The molecule has 0 unspecified atom stereocenters. The SMILES string of the molecule is CC(=O)ON1C(=O)CCC1=O.OCCO. The highest BCUT2D eigenvalue weighted by molar-refractivity contribution is 6.01. The predicted octanol–water partition coefficient (Wildman–Crippen LogP) is -1.42. The molecule has 1 aliphatic rings. The third kappa shape index (κ3) is 5.08. The van der Waals surface area contributed by atoms with Gasteiger partial charge in [0.15, 0.2) is 0 Å². The molecule has 15 heavy (non-hydrogen) atoms. The molecule has 0 aromatic rings. The number of rotatable bonds is 2. The second-order valence-corrected chi connectivity index (χ2v) is 2.61. The van der Waals surface area contributed by atoms with E-state index in [0.29, 0.717) is 5.06 Å². The molecule has 0 bridgehead atoms. The van der Waals surface area contributed by atoms with E-state index < -0.39 is 17.8 Å². The zero-order valence-electron chi connectivity index (χ0n) is 8.30. The summed E-state index contributed by atoms with van der Waals surface area (Å²) < 4.78 is 0. The summed E-state index contributed by atoms with van der Waals surface area (Å²) in [5.74, 6) is -1.57. The minimum Gasteiger partial charge on any atom is -0.394 e. The lowest BCUT2D eigenvalue weighted by molar-refractivity contribution is -0.195. The van der Waals surface area contributed by atoms with Crippen LogP contribution in [0, 0.1) is 0 Å². The van der Waals surface area contributed by atoms with Gasteiger partial charge in [0.1, 0.15) is 0 Å². The van der Waals surface area contributed by atoms with E-state index in [4.69, 9.17) is 10.2 Å². The van der Waals surface area contributed by atoms with E-state index in [2.05, 4.69) is 4.84 Å². The highest BCUT2D eigenvalue weighted by Crippen LogP contribution is 2.11. The molecular weight excluding hydrogens is 206 g/mol. The summed E-state index contributed by atoms with van der Waals surface area (Å²) >= 11 is 0. The minimum absolute atomic E-state index is 0.125. The number of hydrogen-bond acceptors (Lipinski definition) is 6. The Balaban J connectivity index is 0.000000423. The molecule has 2 amide bonds. The van der Waals surface area contributed by atoms with Crippen molar-refractivity contribution in [2.75, 3.05) is 13.2 Å². The fourth-order valence-electron chi connectivity index (χ4n) is 0.786. The van der Waals surface area contributed by atoms with E-state index in [1.807, 2.05) is 0 Å². The number of aliphatic hydroxyl groups is 2. The van der Waals surface area contributed by atoms with E-state index >= 15 is 0 Å². The summed E-state index contributed by atoms with van der Waals surface area (Å²) in [7, 11) is 0. The van der Waals surface area contributed by atoms with Crippen molar-refractivity contribution in [1.29, 1.82) is 0 Å². The minimum atomic E-state index is -0.659. The zero-order valence-corrected chi connectivity index (χ0v) is 8.30. The molecule has 7 heteroatoms. The van der Waals surface area contributed by atoms with Gasteiger partial charge in [-0.25, -0.2) is 4.79 Å². The van der Waals surface area contributed by atoms with E-state index in [-0.39, 0.29) is 26.1 Å². The van der Waals surface area contributed by atoms with Crippen LogP contribution < -0.4 is 0 Å². The second-order valence-electron chi connectivity index (χ2n) is 2.61. The molecular formula is C8H13NO6. The van der Waals surface area contributed by atoms with Crippen LogP contribution in [0.5, 0.6) is 0 Å². The molecule has 0 aromatic carbocycles. The molecule has 86 valence electrons. The average molecular weight is 219 g/mol. The molecule has 1 saturated heterocycles. The van der Waals surface area contributed by atoms with Crippen LogP contribution in [-0.2, 0) is 19.2 Å². The number of aliphatic hydroxyl groups excluding tert-OH is 2. The van der Waals surface area contributed by atoms with Gasteiger partial charge >= 0.3 is 5.97 Å². The smallest absolute Gasteiger partial charge is 0.330 e. The summed E-state index contributed by atoms with van der Waals surface area (Å²) in [5, 5.41) is 15.8. The van der Waals surface area contributed by atoms with Gasteiger partial charge in [0.05, 0.1) is 13.2 Å². The summed E-state index contributed by atoms with van der Waals surface area (Å²) in [6, 6.07) is 0. The van der Waals surface area contributed by atoms with Crippen LogP contribution in [0.15, 0.2) is 0 Å². The maximum absolute atomic E-state index is 10.7. The molecule has 1 heterocycles. The third-order valence-electron chi connectivity index (χ3n) is 1.33. The number of carbonyl (C=O) groups is 3. The number of hydroxylamine groups is 2. The Hall–Kier alpha value is -1.47. The topological polar surface area (TPSA) is 104 Å². The van der Waals surface area contributed by atoms with E-state index in [9.17, 15) is 14.4 Å². The van der Waals surface area contributed by atoms with Crippen LogP contribution >= 0.6 is 0 Å². The monoisotopic (exact) mass is 219 g/mol. The van der Waals surface area contributed by atoms with Gasteiger partial charge in [-0.15, -0.1) is 5.06 Å². The Labute approximate surface area is 86.2 Å². The number of imide groups is 1. The van der Waals surface area contributed by atoms with Gasteiger partial charge < -0.3 is 15.1 Å². The van der Waals surface area contributed by atoms with Crippen molar-refractivity contribution < 1.29 is 29.4 Å². The molecule has 1 aliphatic heterocycles. The van der Waals surface area contributed by atoms with Crippen molar-refractivity contribution in [1.82, 2.24) is 5.06 Å². The molecule has 0 aromatic heterocycles. The van der Waals surface area contributed by atoms with Crippen LogP contribution in [0.25, 0.3) is 0 Å². The second kappa shape index (κ2) is 6.91. The van der Waals surface area contributed by atoms with Gasteiger partial charge in [-0.05, 0) is 0 Å². The Bertz CT molecular complexity index is 234. The first-order valence-electron chi connectivity index (χ1n) is 4.29. The van der Waals surface area contributed by atoms with Crippen LogP contribution in [0.4, 0.5) is 0 Å². The molecule has 2 N–H and O–H groups in total. The maximum Gasteiger partial charge on any atom is 0.330 e. The van der Waals surface area contributed by atoms with E-state index in [1.165, 1.54) is 0 Å². The van der Waals surface area contributed by atoms with E-state index in [1.54, 1.807) is 0 Å². The fourth-order valence-corrected chi connectivity index (χ4v) is 0.786. The predicted molar refractivity (Wildman–Crippen MR) is 47.0 cm³/mol. The molecule has 0 atom stereocenters. The summed E-state index contributed by atoms with van der Waals surface area (Å²) in [6.07, 6.45) is 0.262. The molecule has 0 radical (unpaired) electrons. The molecule has 0 spiro atoms. The maximum atomic E-state index is 10.7. The van der Waals surface area contributed by atoms with Crippen molar-refractivity contribution >= 4 is 17.8 Å². The standard InChI is InChI=1S/C6H7NO4.C2H6O2/c1-4(8)11-7-5(9)2-3-6(7)10;3-1-2-4/h2-3H2,1H3;3-4H,1-2H2. The Kier molecular flexibility index (Phi) is 6.23. The van der Waals surface area contributed by atoms with Gasteiger partial charge in [0.25, 0.3) is 11.8 Å². The normalized spacial score (nSPS) is 14.7. The summed E-state index contributed by atoms with van der Waals surface area (Å²) in [5.41, 5.74) is 0. The lowest BCUT2D eigenvalue weighted by Gasteiger charge is -2.09. The quantitative estimate of drug-likeness (QED) is 0.552. The Morgan fingerprint density at radius 2 is 1.67 bits per heavy atom. The van der Waals surface area contributed by atoms with Gasteiger partial charge in [-0.2, -0.15) is 0 Å². The Morgan fingerprint density at radius 1 is 1.27 bits per heavy atom. The van der Waals surface area contributed by atoms with Gasteiger partial charge in [0.2, 0.25) is 0 Å². The first-order valence-corrected chi connectivity index (χ1v) is 4.29. The summed E-state index contributed by atoms with van der Waals surface area (Å²) in [4.78, 5) is 36.1. The van der Waals surface area contributed by atoms with Gasteiger partial charge in [-0.3, -0.25) is 9.59 Å². The highest BCUT2D eigenvalue weighted by Gasteiger charge is 2.31. The van der Waals surface area contributed by atoms with Crippen molar-refractivity contribution in [3.63, 3.8) is 0 Å². The molecule has 0 saturated carbocycles. The Morgan fingerprint density at radius 3 is 1.93 bits per heavy atom. The average Bonchev–Trinajstić information content (AvgIpc) is 2.49. The molecule has 0 aliphatic carbocycles. The van der Waals surface area contributed by atoms with Crippen LogP contribution in [-0.4, -0.2) is 46.3 Å². The number of hydrogen-bond donors (Lipinski definition) is 2. The van der Waals surface area contributed by atoms with E-state index in [0.717, 1.165) is 6.92 Å². The number of amides is 2. The number of nitrogens with zero attached hydrogens (tertiary/aromatic N) is 1. The van der Waals surface area contributed by atoms with Gasteiger partial charge in [-0.1, -0.05) is 0 Å². The van der Waals surface area contributed by atoms with Crippen molar-refractivity contribution in [2.24, 2.45) is 0 Å². The van der Waals surface area contributed by atoms with Crippen molar-refractivity contribution in [3.05, 3.63) is 0 Å². The van der Waals surface area contributed by atoms with Crippen LogP contribution in [0.3, 0.4) is 0 Å². The van der Waals surface area contributed by atoms with Crippen molar-refractivity contribution in [2.45, 2.75) is 19.8 Å². The lowest BCUT2D eigenvalue weighted by Crippen LogP contribution is -2.30. The molecule has 1 fully saturated rings. The zero-order chi connectivity index (χ0) is 11.8. The fraction of sp³-hybridized carbons (Fsp3) is 0.625. The number of carbonyl (C=O) groups excluding carboxylic acids is 3. The largest absolute Gasteiger partial charge is 0.394 e. The summed E-state index contributed by atoms with van der Waals surface area (Å²) in [6.45, 7) is 0.888. The first-order chi connectivity index (χ1) is 7.02. The highest BCUT2D eigenvalue weighted by atomic mass is 16.7. The van der Waals surface area contributed by atoms with Crippen molar-refractivity contribution in [3.8, 4) is 0 Å². The lowest BCUT2D eigenvalue weighted by atomic mass is 10.4. The molecule has 1 rings (SSSR count). The van der Waals surface area contributed by atoms with Gasteiger partial charge in [0, 0.05) is 19.8 Å². The first kappa shape index (κ1) is 13.5. The van der Waals surface area contributed by atoms with Crippen LogP contribution in [0.1, 0.15) is 19.8 Å². The van der Waals surface area contributed by atoms with Crippen LogP contribution in [0.2, 0.25) is 0 Å².